The molecule has 2 aliphatic rings. The van der Waals surface area contributed by atoms with Crippen molar-refractivity contribution in [3.63, 3.8) is 0 Å². The normalized spacial score (nSPS) is 20.0. The Kier molecular flexibility index (Phi) is 4.76. The maximum Gasteiger partial charge on any atom is 0.248 e. The van der Waals surface area contributed by atoms with E-state index in [4.69, 9.17) is 0 Å². The Bertz CT molecular complexity index is 745. The summed E-state index contributed by atoms with van der Waals surface area (Å²) in [6.45, 7) is 5.39. The number of carbonyl (C=O) groups is 1. The van der Waals surface area contributed by atoms with Crippen LogP contribution in [0.1, 0.15) is 37.1 Å². The van der Waals surface area contributed by atoms with Gasteiger partial charge in [-0.2, -0.15) is 5.10 Å². The number of hydrogen-bond acceptors (Lipinski definition) is 4. The molecule has 1 saturated carbocycles. The van der Waals surface area contributed by atoms with E-state index in [1.807, 2.05) is 29.9 Å². The smallest absolute Gasteiger partial charge is 0.248 e. The number of aromatic nitrogens is 3. The second kappa shape index (κ2) is 7.19. The van der Waals surface area contributed by atoms with Crippen molar-refractivity contribution in [2.45, 2.75) is 44.7 Å². The Morgan fingerprint density at radius 2 is 2.08 bits per heavy atom. The summed E-state index contributed by atoms with van der Waals surface area (Å²) in [6, 6.07) is 8.05. The van der Waals surface area contributed by atoms with E-state index in [1.165, 1.54) is 12.8 Å². The molecule has 1 amide bonds. The minimum absolute atomic E-state index is 0.126. The molecule has 2 fully saturated rings. The van der Waals surface area contributed by atoms with Gasteiger partial charge in [0.25, 0.3) is 0 Å². The van der Waals surface area contributed by atoms with E-state index in [1.54, 1.807) is 6.20 Å². The number of rotatable bonds is 6. The van der Waals surface area contributed by atoms with Gasteiger partial charge < -0.3 is 5.32 Å². The predicted molar refractivity (Wildman–Crippen MR) is 99.4 cm³/mol. The van der Waals surface area contributed by atoms with Crippen molar-refractivity contribution in [1.29, 1.82) is 0 Å². The van der Waals surface area contributed by atoms with Gasteiger partial charge in [-0.15, -0.1) is 0 Å². The lowest BCUT2D eigenvalue weighted by molar-refractivity contribution is -0.133. The molecule has 0 radical (unpaired) electrons. The van der Waals surface area contributed by atoms with Crippen LogP contribution < -0.4 is 5.32 Å². The fourth-order valence-corrected chi connectivity index (χ4v) is 3.80. The number of nitrogens with zero attached hydrogens (tertiary/aromatic N) is 4. The lowest BCUT2D eigenvalue weighted by atomic mass is 9.86. The molecule has 0 aromatic carbocycles. The zero-order chi connectivity index (χ0) is 18.0. The second-order valence-electron chi connectivity index (χ2n) is 7.68. The first kappa shape index (κ1) is 17.2. The lowest BCUT2D eigenvalue weighted by Crippen LogP contribution is -2.55. The Morgan fingerprint density at radius 3 is 2.73 bits per heavy atom. The number of pyridine rings is 1. The third-order valence-corrected chi connectivity index (χ3v) is 5.63. The van der Waals surface area contributed by atoms with Crippen LogP contribution in [-0.4, -0.2) is 45.2 Å². The van der Waals surface area contributed by atoms with E-state index in [2.05, 4.69) is 32.4 Å². The van der Waals surface area contributed by atoms with E-state index in [9.17, 15) is 4.79 Å². The summed E-state index contributed by atoms with van der Waals surface area (Å²) in [5.74, 6) is 0.808. The minimum Gasteiger partial charge on any atom is -0.354 e. The predicted octanol–water partition coefficient (Wildman–Crippen LogP) is 2.10. The molecule has 2 aromatic heterocycles. The van der Waals surface area contributed by atoms with Gasteiger partial charge in [0, 0.05) is 44.3 Å². The van der Waals surface area contributed by atoms with Crippen LogP contribution >= 0.6 is 0 Å². The number of hydrogen-bond donors (Lipinski definition) is 1. The van der Waals surface area contributed by atoms with Gasteiger partial charge in [0.05, 0.1) is 5.69 Å². The number of nitrogens with one attached hydrogen (secondary N) is 1. The molecule has 6 nitrogen and oxygen atoms in total. The Labute approximate surface area is 154 Å². The summed E-state index contributed by atoms with van der Waals surface area (Å²) in [4.78, 5) is 20.1. The summed E-state index contributed by atoms with van der Waals surface area (Å²) >= 11 is 0. The van der Waals surface area contributed by atoms with Gasteiger partial charge in [-0.1, -0.05) is 6.07 Å². The van der Waals surface area contributed by atoms with Crippen molar-refractivity contribution in [1.82, 2.24) is 25.0 Å². The molecular weight excluding hydrogens is 326 g/mol. The monoisotopic (exact) mass is 353 g/mol. The Hall–Kier alpha value is -2.21. The topological polar surface area (TPSA) is 63.1 Å². The zero-order valence-corrected chi connectivity index (χ0v) is 15.4. The first-order chi connectivity index (χ1) is 12.7. The minimum atomic E-state index is -0.561. The molecule has 1 aliphatic heterocycles. The first-order valence-corrected chi connectivity index (χ1v) is 9.59. The Balaban J connectivity index is 1.44. The standard InChI is InChI=1S/C20H27N5O/c1-16-4-2-5-18(23-16)15-24-12-8-20(9-13-24,25-11-3-10-22-25)19(26)21-14-17-6-7-17/h2-5,10-11,17H,6-9,12-15H2,1H3,(H,21,26). The third kappa shape index (κ3) is 3.65. The molecule has 1 aliphatic carbocycles. The van der Waals surface area contributed by atoms with Gasteiger partial charge in [0.2, 0.25) is 5.91 Å². The first-order valence-electron chi connectivity index (χ1n) is 9.59. The van der Waals surface area contributed by atoms with Crippen LogP contribution in [0.4, 0.5) is 0 Å². The number of piperidine rings is 1. The molecule has 0 bridgehead atoms. The van der Waals surface area contributed by atoms with E-state index in [0.29, 0.717) is 5.92 Å². The number of amides is 1. The zero-order valence-electron chi connectivity index (χ0n) is 15.4. The highest BCUT2D eigenvalue weighted by Gasteiger charge is 2.44. The van der Waals surface area contributed by atoms with Gasteiger partial charge >= 0.3 is 0 Å². The number of likely N-dealkylation sites (tertiary alicyclic amines) is 1. The van der Waals surface area contributed by atoms with Gasteiger partial charge in [0.1, 0.15) is 5.54 Å². The van der Waals surface area contributed by atoms with Crippen molar-refractivity contribution in [3.8, 4) is 0 Å². The van der Waals surface area contributed by atoms with Crippen LogP contribution in [-0.2, 0) is 16.9 Å². The maximum absolute atomic E-state index is 13.1. The average molecular weight is 353 g/mol. The van der Waals surface area contributed by atoms with E-state index < -0.39 is 5.54 Å². The summed E-state index contributed by atoms with van der Waals surface area (Å²) in [7, 11) is 0. The molecule has 26 heavy (non-hydrogen) atoms. The van der Waals surface area contributed by atoms with Gasteiger partial charge in [-0.3, -0.25) is 19.4 Å². The summed E-state index contributed by atoms with van der Waals surface area (Å²) < 4.78 is 1.87. The SMILES string of the molecule is Cc1cccc(CN2CCC(C(=O)NCC3CC3)(n3cccn3)CC2)n1. The highest BCUT2D eigenvalue weighted by molar-refractivity contribution is 5.84. The van der Waals surface area contributed by atoms with Crippen molar-refractivity contribution in [2.75, 3.05) is 19.6 Å². The lowest BCUT2D eigenvalue weighted by Gasteiger charge is -2.40. The van der Waals surface area contributed by atoms with Gasteiger partial charge in [-0.25, -0.2) is 0 Å². The van der Waals surface area contributed by atoms with E-state index in [-0.39, 0.29) is 5.91 Å². The second-order valence-corrected chi connectivity index (χ2v) is 7.68. The van der Waals surface area contributed by atoms with Gasteiger partial charge in [0.15, 0.2) is 0 Å². The molecule has 1 N–H and O–H groups in total. The third-order valence-electron chi connectivity index (χ3n) is 5.63. The van der Waals surface area contributed by atoms with E-state index in [0.717, 1.165) is 50.4 Å². The van der Waals surface area contributed by atoms with Crippen molar-refractivity contribution in [2.24, 2.45) is 5.92 Å². The van der Waals surface area contributed by atoms with Crippen LogP contribution in [0, 0.1) is 12.8 Å². The fourth-order valence-electron chi connectivity index (χ4n) is 3.80. The fraction of sp³-hybridized carbons (Fsp3) is 0.550. The van der Waals surface area contributed by atoms with Crippen molar-refractivity contribution < 1.29 is 4.79 Å². The van der Waals surface area contributed by atoms with Crippen molar-refractivity contribution >= 4 is 5.91 Å². The molecule has 4 rings (SSSR count). The maximum atomic E-state index is 13.1. The van der Waals surface area contributed by atoms with Crippen molar-refractivity contribution in [3.05, 3.63) is 48.0 Å². The average Bonchev–Trinajstić information content (AvgIpc) is 3.31. The van der Waals surface area contributed by atoms with Crippen LogP contribution in [0.5, 0.6) is 0 Å². The molecule has 1 saturated heterocycles. The largest absolute Gasteiger partial charge is 0.354 e. The van der Waals surface area contributed by atoms with Crippen LogP contribution in [0.25, 0.3) is 0 Å². The number of aryl methyl sites for hydroxylation is 1. The summed E-state index contributed by atoms with van der Waals surface area (Å²) in [6.07, 6.45) is 7.72. The molecular formula is C20H27N5O. The molecule has 6 heteroatoms. The summed E-state index contributed by atoms with van der Waals surface area (Å²) in [5, 5.41) is 7.61. The molecule has 0 unspecified atom stereocenters. The quantitative estimate of drug-likeness (QED) is 0.864. The number of carbonyl (C=O) groups excluding carboxylic acids is 1. The molecule has 0 atom stereocenters. The molecule has 0 spiro atoms. The van der Waals surface area contributed by atoms with Crippen LogP contribution in [0.15, 0.2) is 36.7 Å². The molecule has 2 aromatic rings. The summed E-state index contributed by atoms with van der Waals surface area (Å²) in [5.41, 5.74) is 1.58. The molecule has 138 valence electrons. The molecule has 3 heterocycles. The van der Waals surface area contributed by atoms with Gasteiger partial charge in [-0.05, 0) is 56.7 Å². The van der Waals surface area contributed by atoms with Crippen LogP contribution in [0.3, 0.4) is 0 Å². The highest BCUT2D eigenvalue weighted by Crippen LogP contribution is 2.32. The highest BCUT2D eigenvalue weighted by atomic mass is 16.2. The Morgan fingerprint density at radius 1 is 1.27 bits per heavy atom. The van der Waals surface area contributed by atoms with Crippen LogP contribution in [0.2, 0.25) is 0 Å². The van der Waals surface area contributed by atoms with E-state index >= 15 is 0 Å².